The van der Waals surface area contributed by atoms with Crippen molar-refractivity contribution < 1.29 is 23.8 Å². The van der Waals surface area contributed by atoms with Crippen molar-refractivity contribution in [3.63, 3.8) is 0 Å². The van der Waals surface area contributed by atoms with Gasteiger partial charge in [-0.05, 0) is 6.92 Å². The Hall–Kier alpha value is -2.42. The number of aromatic nitrogens is 2. The number of hydrogen-bond acceptors (Lipinski definition) is 7. The molecule has 1 aromatic heterocycles. The molecule has 1 N–H and O–H groups in total. The molecule has 0 saturated carbocycles. The summed E-state index contributed by atoms with van der Waals surface area (Å²) in [6.07, 6.45) is -0.493. The number of hydrogen-bond donors (Lipinski definition) is 1. The van der Waals surface area contributed by atoms with Gasteiger partial charge in [-0.1, -0.05) is 0 Å². The van der Waals surface area contributed by atoms with Crippen molar-refractivity contribution >= 4 is 11.9 Å². The topological polar surface area (TPSA) is 117 Å². The molecule has 1 saturated heterocycles. The number of carbonyl (C=O) groups excluding carboxylic acids is 2. The second-order valence-corrected chi connectivity index (χ2v) is 5.29. The van der Waals surface area contributed by atoms with Crippen LogP contribution in [0.3, 0.4) is 0 Å². The van der Waals surface area contributed by atoms with Crippen molar-refractivity contribution in [1.82, 2.24) is 9.55 Å². The van der Waals surface area contributed by atoms with Crippen LogP contribution in [0.25, 0.3) is 0 Å². The Labute approximate surface area is 131 Å². The van der Waals surface area contributed by atoms with Gasteiger partial charge in [0.2, 0.25) is 0 Å². The third-order valence-corrected chi connectivity index (χ3v) is 3.40. The molecule has 1 fully saturated rings. The number of aryl methyl sites for hydroxylation is 1. The molecule has 0 amide bonds. The average molecular weight is 326 g/mol. The van der Waals surface area contributed by atoms with E-state index in [0.717, 1.165) is 0 Å². The van der Waals surface area contributed by atoms with E-state index in [4.69, 9.17) is 14.2 Å². The molecule has 0 aliphatic carbocycles. The number of nitrogens with one attached hydrogen (secondary N) is 1. The van der Waals surface area contributed by atoms with E-state index < -0.39 is 41.6 Å². The van der Waals surface area contributed by atoms with Crippen molar-refractivity contribution in [3.05, 3.63) is 32.6 Å². The molecule has 0 spiro atoms. The standard InChI is InChI=1S/C14H18N2O7/c1-7-5-16(14(20)15-13(7)19)12-4-10(22-9(3)18)11(23-12)6-21-8(2)17/h5,10-12H,4,6H2,1-3H3,(H,15,19,20)/t10-,11-,12-/m0/s1. The smallest absolute Gasteiger partial charge is 0.330 e. The van der Waals surface area contributed by atoms with Gasteiger partial charge in [0.25, 0.3) is 5.56 Å². The fraction of sp³-hybridized carbons (Fsp3) is 0.571. The lowest BCUT2D eigenvalue weighted by Gasteiger charge is -2.17. The Morgan fingerprint density at radius 3 is 2.65 bits per heavy atom. The number of H-pyrrole nitrogens is 1. The maximum atomic E-state index is 11.9. The fourth-order valence-electron chi connectivity index (χ4n) is 2.36. The highest BCUT2D eigenvalue weighted by atomic mass is 16.6. The molecule has 1 aliphatic rings. The molecule has 3 atom stereocenters. The molecule has 1 aromatic rings. The maximum absolute atomic E-state index is 11.9. The number of esters is 2. The van der Waals surface area contributed by atoms with Crippen LogP contribution in [0, 0.1) is 6.92 Å². The average Bonchev–Trinajstić information content (AvgIpc) is 2.82. The van der Waals surface area contributed by atoms with E-state index in [0.29, 0.717) is 5.56 Å². The molecule has 0 aromatic carbocycles. The number of carbonyl (C=O) groups is 2. The first-order valence-corrected chi connectivity index (χ1v) is 7.06. The summed E-state index contributed by atoms with van der Waals surface area (Å²) in [6, 6.07) is 0. The monoisotopic (exact) mass is 326 g/mol. The molecule has 9 nitrogen and oxygen atoms in total. The lowest BCUT2D eigenvalue weighted by molar-refractivity contribution is -0.155. The minimum Gasteiger partial charge on any atom is -0.463 e. The van der Waals surface area contributed by atoms with Gasteiger partial charge >= 0.3 is 17.6 Å². The third kappa shape index (κ3) is 4.07. The molecule has 0 radical (unpaired) electrons. The molecular formula is C14H18N2O7. The first-order valence-electron chi connectivity index (χ1n) is 7.06. The Balaban J connectivity index is 2.23. The van der Waals surface area contributed by atoms with Gasteiger partial charge in [-0.3, -0.25) is 23.9 Å². The SMILES string of the molecule is CC(=O)OC[C@@H]1O[C@H](n2cc(C)c(=O)[nH]c2=O)C[C@@H]1OC(C)=O. The van der Waals surface area contributed by atoms with Crippen LogP contribution in [0.2, 0.25) is 0 Å². The van der Waals surface area contributed by atoms with Crippen LogP contribution in [0.1, 0.15) is 32.1 Å². The van der Waals surface area contributed by atoms with Crippen molar-refractivity contribution in [2.75, 3.05) is 6.61 Å². The predicted octanol–water partition coefficient (Wildman–Crippen LogP) is -0.373. The number of nitrogens with zero attached hydrogens (tertiary/aromatic N) is 1. The van der Waals surface area contributed by atoms with E-state index in [9.17, 15) is 19.2 Å². The van der Waals surface area contributed by atoms with Gasteiger partial charge in [0.05, 0.1) is 0 Å². The molecule has 0 bridgehead atoms. The first-order chi connectivity index (χ1) is 10.8. The van der Waals surface area contributed by atoms with Crippen LogP contribution in [0.4, 0.5) is 0 Å². The van der Waals surface area contributed by atoms with Gasteiger partial charge in [-0.15, -0.1) is 0 Å². The maximum Gasteiger partial charge on any atom is 0.330 e. The Kier molecular flexibility index (Phi) is 4.99. The molecule has 1 aliphatic heterocycles. The van der Waals surface area contributed by atoms with E-state index in [1.807, 2.05) is 0 Å². The minimum atomic E-state index is -0.733. The number of aromatic amines is 1. The zero-order chi connectivity index (χ0) is 17.1. The minimum absolute atomic E-state index is 0.0964. The van der Waals surface area contributed by atoms with Crippen molar-refractivity contribution in [3.8, 4) is 0 Å². The van der Waals surface area contributed by atoms with Crippen molar-refractivity contribution in [2.24, 2.45) is 0 Å². The second-order valence-electron chi connectivity index (χ2n) is 5.29. The van der Waals surface area contributed by atoms with E-state index in [1.54, 1.807) is 6.92 Å². The van der Waals surface area contributed by atoms with Crippen LogP contribution in [0.15, 0.2) is 15.8 Å². The molecule has 2 heterocycles. The Bertz CT molecular complexity index is 721. The largest absolute Gasteiger partial charge is 0.463 e. The summed E-state index contributed by atoms with van der Waals surface area (Å²) in [4.78, 5) is 47.6. The fourth-order valence-corrected chi connectivity index (χ4v) is 2.36. The normalized spacial score (nSPS) is 23.5. The number of ether oxygens (including phenoxy) is 3. The molecule has 9 heteroatoms. The quantitative estimate of drug-likeness (QED) is 0.750. The van der Waals surface area contributed by atoms with Crippen LogP contribution < -0.4 is 11.2 Å². The van der Waals surface area contributed by atoms with Gasteiger partial charge in [-0.25, -0.2) is 4.79 Å². The molecule has 126 valence electrons. The zero-order valence-corrected chi connectivity index (χ0v) is 13.0. The van der Waals surface area contributed by atoms with Crippen LogP contribution >= 0.6 is 0 Å². The summed E-state index contributed by atoms with van der Waals surface area (Å²) in [6.45, 7) is 3.97. The number of rotatable bonds is 4. The lowest BCUT2D eigenvalue weighted by atomic mass is 10.2. The molecule has 23 heavy (non-hydrogen) atoms. The highest BCUT2D eigenvalue weighted by Gasteiger charge is 2.39. The third-order valence-electron chi connectivity index (χ3n) is 3.40. The summed E-state index contributed by atoms with van der Waals surface area (Å²) in [5, 5.41) is 0. The Morgan fingerprint density at radius 1 is 1.35 bits per heavy atom. The highest BCUT2D eigenvalue weighted by molar-refractivity contribution is 5.66. The summed E-state index contributed by atoms with van der Waals surface area (Å²) in [7, 11) is 0. The summed E-state index contributed by atoms with van der Waals surface area (Å²) >= 11 is 0. The zero-order valence-electron chi connectivity index (χ0n) is 13.0. The van der Waals surface area contributed by atoms with Gasteiger partial charge in [0.1, 0.15) is 25.0 Å². The molecule has 2 rings (SSSR count). The lowest BCUT2D eigenvalue weighted by Crippen LogP contribution is -2.33. The molecular weight excluding hydrogens is 308 g/mol. The van der Waals surface area contributed by atoms with Crippen LogP contribution in [-0.4, -0.2) is 40.3 Å². The van der Waals surface area contributed by atoms with Gasteiger partial charge in [-0.2, -0.15) is 0 Å². The predicted molar refractivity (Wildman–Crippen MR) is 76.8 cm³/mol. The Morgan fingerprint density at radius 2 is 2.04 bits per heavy atom. The molecule has 0 unspecified atom stereocenters. The van der Waals surface area contributed by atoms with Crippen molar-refractivity contribution in [2.45, 2.75) is 45.6 Å². The van der Waals surface area contributed by atoms with E-state index >= 15 is 0 Å². The second kappa shape index (κ2) is 6.78. The van der Waals surface area contributed by atoms with Gasteiger partial charge in [0, 0.05) is 32.0 Å². The van der Waals surface area contributed by atoms with E-state index in [-0.39, 0.29) is 13.0 Å². The summed E-state index contributed by atoms with van der Waals surface area (Å²) in [5.41, 5.74) is -0.752. The highest BCUT2D eigenvalue weighted by Crippen LogP contribution is 2.30. The van der Waals surface area contributed by atoms with Gasteiger partial charge < -0.3 is 14.2 Å². The first kappa shape index (κ1) is 16.9. The van der Waals surface area contributed by atoms with E-state index in [2.05, 4.69) is 4.98 Å². The van der Waals surface area contributed by atoms with Crippen LogP contribution in [0.5, 0.6) is 0 Å². The summed E-state index contributed by atoms with van der Waals surface area (Å²) < 4.78 is 17.0. The van der Waals surface area contributed by atoms with Gasteiger partial charge in [0.15, 0.2) is 0 Å². The van der Waals surface area contributed by atoms with E-state index in [1.165, 1.54) is 24.6 Å². The van der Waals surface area contributed by atoms with Crippen molar-refractivity contribution in [1.29, 1.82) is 0 Å². The van der Waals surface area contributed by atoms with Crippen LogP contribution in [-0.2, 0) is 23.8 Å². The summed E-state index contributed by atoms with van der Waals surface area (Å²) in [5.74, 6) is -0.993.